The molecule has 3 nitrogen and oxygen atoms in total. The number of hydrogen-bond acceptors (Lipinski definition) is 4. The number of hydrogen-bond donors (Lipinski definition) is 2. The van der Waals surface area contributed by atoms with Crippen molar-refractivity contribution in [2.24, 2.45) is 5.41 Å². The van der Waals surface area contributed by atoms with Crippen LogP contribution in [0.25, 0.3) is 0 Å². The van der Waals surface area contributed by atoms with Gasteiger partial charge in [0.25, 0.3) is 0 Å². The Morgan fingerprint density at radius 3 is 2.55 bits per heavy atom. The number of nitrogens with zero attached hydrogens (tertiary/aromatic N) is 1. The van der Waals surface area contributed by atoms with Crippen LogP contribution in [-0.2, 0) is 12.0 Å². The highest BCUT2D eigenvalue weighted by molar-refractivity contribution is 7.09. The highest BCUT2D eigenvalue weighted by Gasteiger charge is 2.30. The van der Waals surface area contributed by atoms with Crippen LogP contribution in [0.2, 0.25) is 0 Å². The first kappa shape index (κ1) is 15.9. The summed E-state index contributed by atoms with van der Waals surface area (Å²) in [7, 11) is 0. The Balaban J connectivity index is 1.84. The van der Waals surface area contributed by atoms with Crippen LogP contribution < -0.4 is 5.32 Å². The molecule has 1 aromatic rings. The monoisotopic (exact) mass is 296 g/mol. The summed E-state index contributed by atoms with van der Waals surface area (Å²) >= 11 is 1.75. The van der Waals surface area contributed by atoms with Gasteiger partial charge in [-0.15, -0.1) is 11.3 Å². The van der Waals surface area contributed by atoms with Gasteiger partial charge in [0.2, 0.25) is 0 Å². The van der Waals surface area contributed by atoms with Crippen LogP contribution in [0.1, 0.15) is 63.6 Å². The summed E-state index contributed by atoms with van der Waals surface area (Å²) in [6.45, 7) is 8.63. The van der Waals surface area contributed by atoms with E-state index in [1.54, 1.807) is 11.3 Å². The quantitative estimate of drug-likeness (QED) is 0.874. The largest absolute Gasteiger partial charge is 0.396 e. The molecule has 0 aliphatic heterocycles. The number of aliphatic hydroxyl groups is 1. The van der Waals surface area contributed by atoms with Gasteiger partial charge >= 0.3 is 0 Å². The van der Waals surface area contributed by atoms with E-state index in [2.05, 4.69) is 31.5 Å². The van der Waals surface area contributed by atoms with E-state index in [-0.39, 0.29) is 10.8 Å². The highest BCUT2D eigenvalue weighted by atomic mass is 32.1. The molecule has 0 atom stereocenters. The van der Waals surface area contributed by atoms with Crippen LogP contribution in [0.4, 0.5) is 0 Å². The molecule has 0 radical (unpaired) electrons. The molecule has 0 bridgehead atoms. The third-order valence-corrected chi connectivity index (χ3v) is 5.57. The molecular weight excluding hydrogens is 268 g/mol. The zero-order chi connectivity index (χ0) is 14.6. The smallest absolute Gasteiger partial charge is 0.0982 e. The average Bonchev–Trinajstić information content (AvgIpc) is 2.89. The van der Waals surface area contributed by atoms with Crippen LogP contribution in [0, 0.1) is 5.41 Å². The summed E-state index contributed by atoms with van der Waals surface area (Å²) < 4.78 is 0. The molecule has 1 aliphatic carbocycles. The molecule has 1 saturated carbocycles. The molecule has 1 fully saturated rings. The minimum Gasteiger partial charge on any atom is -0.396 e. The van der Waals surface area contributed by atoms with E-state index < -0.39 is 0 Å². The van der Waals surface area contributed by atoms with E-state index in [0.29, 0.717) is 6.61 Å². The number of aromatic nitrogens is 1. The number of thiazole rings is 1. The van der Waals surface area contributed by atoms with Gasteiger partial charge in [-0.2, -0.15) is 0 Å². The van der Waals surface area contributed by atoms with Gasteiger partial charge in [0.05, 0.1) is 10.7 Å². The van der Waals surface area contributed by atoms with Gasteiger partial charge < -0.3 is 10.4 Å². The first-order valence-electron chi connectivity index (χ1n) is 7.72. The summed E-state index contributed by atoms with van der Waals surface area (Å²) in [4.78, 5) is 4.71. The molecule has 0 saturated heterocycles. The fraction of sp³-hybridized carbons (Fsp3) is 0.812. The van der Waals surface area contributed by atoms with Crippen molar-refractivity contribution >= 4 is 11.3 Å². The normalized spacial score (nSPS) is 19.2. The Morgan fingerprint density at radius 2 is 2.00 bits per heavy atom. The summed E-state index contributed by atoms with van der Waals surface area (Å²) in [6.07, 6.45) is 6.14. The van der Waals surface area contributed by atoms with E-state index in [4.69, 9.17) is 4.98 Å². The molecule has 0 spiro atoms. The van der Waals surface area contributed by atoms with Crippen molar-refractivity contribution in [3.63, 3.8) is 0 Å². The van der Waals surface area contributed by atoms with E-state index in [1.165, 1.54) is 24.3 Å². The third-order valence-electron chi connectivity index (χ3n) is 4.25. The minimum absolute atomic E-state index is 0.112. The fourth-order valence-electron chi connectivity index (χ4n) is 2.88. The van der Waals surface area contributed by atoms with E-state index in [9.17, 15) is 5.11 Å². The molecule has 2 rings (SSSR count). The maximum Gasteiger partial charge on any atom is 0.0982 e. The summed E-state index contributed by atoms with van der Waals surface area (Å²) in [5, 5.41) is 16.6. The maximum atomic E-state index is 9.70. The second kappa shape index (κ2) is 6.54. The van der Waals surface area contributed by atoms with Crippen LogP contribution in [0.5, 0.6) is 0 Å². The predicted octanol–water partition coefficient (Wildman–Crippen LogP) is 3.47. The lowest BCUT2D eigenvalue weighted by Gasteiger charge is -2.35. The standard InChI is InChI=1S/C16H28N2OS/c1-15(2,3)14-18-13(10-20-14)9-17-11-16(12-19)7-5-4-6-8-16/h10,17,19H,4-9,11-12H2,1-3H3. The molecule has 1 aliphatic rings. The Labute approximate surface area is 126 Å². The predicted molar refractivity (Wildman–Crippen MR) is 85.1 cm³/mol. The van der Waals surface area contributed by atoms with Gasteiger partial charge in [-0.1, -0.05) is 40.0 Å². The van der Waals surface area contributed by atoms with E-state index in [0.717, 1.165) is 31.6 Å². The topological polar surface area (TPSA) is 45.2 Å². The Morgan fingerprint density at radius 1 is 1.30 bits per heavy atom. The zero-order valence-corrected chi connectivity index (χ0v) is 13.9. The van der Waals surface area contributed by atoms with Crippen LogP contribution in [0.3, 0.4) is 0 Å². The number of aliphatic hydroxyl groups excluding tert-OH is 1. The summed E-state index contributed by atoms with van der Waals surface area (Å²) in [5.41, 5.74) is 1.38. The minimum atomic E-state index is 0.112. The fourth-order valence-corrected chi connectivity index (χ4v) is 3.79. The Hall–Kier alpha value is -0.450. The van der Waals surface area contributed by atoms with Crippen molar-refractivity contribution < 1.29 is 5.11 Å². The van der Waals surface area contributed by atoms with Gasteiger partial charge in [-0.25, -0.2) is 4.98 Å². The second-order valence-corrected chi connectivity index (χ2v) is 8.07. The molecule has 1 heterocycles. The van der Waals surface area contributed by atoms with Crippen LogP contribution in [-0.4, -0.2) is 23.2 Å². The first-order valence-corrected chi connectivity index (χ1v) is 8.60. The van der Waals surface area contributed by atoms with Crippen molar-refractivity contribution in [1.82, 2.24) is 10.3 Å². The summed E-state index contributed by atoms with van der Waals surface area (Å²) in [6, 6.07) is 0. The highest BCUT2D eigenvalue weighted by Crippen LogP contribution is 2.35. The Bertz CT molecular complexity index is 416. The SMILES string of the molecule is CC(C)(C)c1nc(CNCC2(CO)CCCCC2)cs1. The lowest BCUT2D eigenvalue weighted by molar-refractivity contribution is 0.0810. The molecule has 114 valence electrons. The van der Waals surface area contributed by atoms with Gasteiger partial charge in [-0.3, -0.25) is 0 Å². The Kier molecular flexibility index (Phi) is 5.21. The van der Waals surface area contributed by atoms with Gasteiger partial charge in [0.15, 0.2) is 0 Å². The average molecular weight is 296 g/mol. The van der Waals surface area contributed by atoms with Crippen molar-refractivity contribution in [3.05, 3.63) is 16.1 Å². The van der Waals surface area contributed by atoms with Gasteiger partial charge in [-0.05, 0) is 12.8 Å². The second-order valence-electron chi connectivity index (χ2n) is 7.22. The van der Waals surface area contributed by atoms with Crippen molar-refractivity contribution in [2.45, 2.75) is 64.8 Å². The molecule has 4 heteroatoms. The number of nitrogens with one attached hydrogen (secondary N) is 1. The first-order chi connectivity index (χ1) is 9.45. The third kappa shape index (κ3) is 4.03. The maximum absolute atomic E-state index is 9.70. The van der Waals surface area contributed by atoms with Crippen LogP contribution >= 0.6 is 11.3 Å². The molecule has 0 amide bonds. The van der Waals surface area contributed by atoms with Crippen molar-refractivity contribution in [1.29, 1.82) is 0 Å². The lowest BCUT2D eigenvalue weighted by atomic mass is 9.74. The van der Waals surface area contributed by atoms with E-state index in [1.807, 2.05) is 0 Å². The van der Waals surface area contributed by atoms with Crippen molar-refractivity contribution in [2.75, 3.05) is 13.2 Å². The molecule has 2 N–H and O–H groups in total. The molecule has 0 unspecified atom stereocenters. The van der Waals surface area contributed by atoms with Gasteiger partial charge in [0.1, 0.15) is 0 Å². The molecule has 20 heavy (non-hydrogen) atoms. The molecule has 0 aromatic carbocycles. The lowest BCUT2D eigenvalue weighted by Crippen LogP contribution is -2.38. The number of rotatable bonds is 5. The molecular formula is C16H28N2OS. The van der Waals surface area contributed by atoms with Crippen molar-refractivity contribution in [3.8, 4) is 0 Å². The molecule has 1 aromatic heterocycles. The van der Waals surface area contributed by atoms with E-state index >= 15 is 0 Å². The summed E-state index contributed by atoms with van der Waals surface area (Å²) in [5.74, 6) is 0. The van der Waals surface area contributed by atoms with Gasteiger partial charge in [0, 0.05) is 35.9 Å². The van der Waals surface area contributed by atoms with Crippen LogP contribution in [0.15, 0.2) is 5.38 Å². The zero-order valence-electron chi connectivity index (χ0n) is 13.0.